The average molecular weight is 309 g/mol. The Morgan fingerprint density at radius 2 is 1.90 bits per heavy atom. The lowest BCUT2D eigenvalue weighted by Gasteiger charge is -2.27. The van der Waals surface area contributed by atoms with E-state index in [1.807, 2.05) is 12.1 Å². The smallest absolute Gasteiger partial charge is 0.243 e. The molecule has 1 aromatic carbocycles. The summed E-state index contributed by atoms with van der Waals surface area (Å²) in [5.41, 5.74) is 2.45. The molecule has 1 fully saturated rings. The van der Waals surface area contributed by atoms with Crippen LogP contribution in [-0.4, -0.2) is 37.0 Å². The molecule has 4 nitrogen and oxygen atoms in total. The molecule has 0 spiro atoms. The Hall–Kier alpha value is -0.910. The van der Waals surface area contributed by atoms with Crippen molar-refractivity contribution < 1.29 is 13.5 Å². The van der Waals surface area contributed by atoms with E-state index in [2.05, 4.69) is 0 Å². The molecule has 1 aliphatic carbocycles. The molecule has 0 aromatic heterocycles. The van der Waals surface area contributed by atoms with E-state index in [0.717, 1.165) is 44.9 Å². The van der Waals surface area contributed by atoms with Gasteiger partial charge in [0.05, 0.1) is 11.5 Å². The van der Waals surface area contributed by atoms with Crippen molar-refractivity contribution in [1.82, 2.24) is 4.31 Å². The average Bonchev–Trinajstić information content (AvgIpc) is 2.81. The van der Waals surface area contributed by atoms with Gasteiger partial charge in [-0.05, 0) is 55.4 Å². The molecule has 0 bridgehead atoms. The molecule has 1 atom stereocenters. The van der Waals surface area contributed by atoms with E-state index in [1.54, 1.807) is 6.07 Å². The van der Waals surface area contributed by atoms with Gasteiger partial charge in [0.2, 0.25) is 10.0 Å². The predicted molar refractivity (Wildman–Crippen MR) is 81.7 cm³/mol. The maximum Gasteiger partial charge on any atom is 0.243 e. The van der Waals surface area contributed by atoms with Gasteiger partial charge in [-0.2, -0.15) is 4.31 Å². The van der Waals surface area contributed by atoms with Crippen molar-refractivity contribution in [2.75, 3.05) is 13.2 Å². The lowest BCUT2D eigenvalue weighted by molar-refractivity contribution is 0.186. The molecule has 2 aliphatic rings. The summed E-state index contributed by atoms with van der Waals surface area (Å²) in [6, 6.07) is 5.27. The number of benzene rings is 1. The van der Waals surface area contributed by atoms with Gasteiger partial charge in [0.25, 0.3) is 0 Å². The standard InChI is InChI=1S/C16H23NO3S/c18-12-15-7-2-1-3-10-17(15)21(19,20)16-9-8-13-5-4-6-14(13)11-16/h8-9,11,15,18H,1-7,10,12H2. The summed E-state index contributed by atoms with van der Waals surface area (Å²) in [6.45, 7) is 0.425. The number of aryl methyl sites for hydroxylation is 2. The number of hydrogen-bond acceptors (Lipinski definition) is 3. The molecule has 21 heavy (non-hydrogen) atoms. The molecular formula is C16H23NO3S. The number of sulfonamides is 1. The van der Waals surface area contributed by atoms with E-state index < -0.39 is 10.0 Å². The lowest BCUT2D eigenvalue weighted by atomic mass is 10.1. The summed E-state index contributed by atoms with van der Waals surface area (Å²) < 4.78 is 27.4. The van der Waals surface area contributed by atoms with Crippen LogP contribution in [0.3, 0.4) is 0 Å². The Morgan fingerprint density at radius 1 is 1.10 bits per heavy atom. The van der Waals surface area contributed by atoms with Crippen molar-refractivity contribution in [3.05, 3.63) is 29.3 Å². The van der Waals surface area contributed by atoms with Gasteiger partial charge < -0.3 is 5.11 Å². The minimum atomic E-state index is -3.49. The fourth-order valence-corrected chi connectivity index (χ4v) is 5.23. The van der Waals surface area contributed by atoms with Gasteiger partial charge in [0.1, 0.15) is 0 Å². The highest BCUT2D eigenvalue weighted by Crippen LogP contribution is 2.29. The van der Waals surface area contributed by atoms with Crippen LogP contribution in [0.1, 0.15) is 43.2 Å². The summed E-state index contributed by atoms with van der Waals surface area (Å²) in [4.78, 5) is 0.392. The second kappa shape index (κ2) is 6.07. The maximum atomic E-state index is 12.9. The van der Waals surface area contributed by atoms with Crippen LogP contribution >= 0.6 is 0 Å². The highest BCUT2D eigenvalue weighted by Gasteiger charge is 2.32. The number of nitrogens with zero attached hydrogens (tertiary/aromatic N) is 1. The molecule has 1 heterocycles. The van der Waals surface area contributed by atoms with E-state index >= 15 is 0 Å². The topological polar surface area (TPSA) is 57.6 Å². The molecule has 5 heteroatoms. The number of aliphatic hydroxyl groups excluding tert-OH is 1. The van der Waals surface area contributed by atoms with E-state index in [4.69, 9.17) is 0 Å². The summed E-state index contributed by atoms with van der Waals surface area (Å²) in [5, 5.41) is 9.55. The number of fused-ring (bicyclic) bond motifs is 1. The van der Waals surface area contributed by atoms with Crippen LogP contribution in [0.25, 0.3) is 0 Å². The molecule has 1 aromatic rings. The van der Waals surface area contributed by atoms with Crippen molar-refractivity contribution in [3.63, 3.8) is 0 Å². The zero-order chi connectivity index (χ0) is 14.9. The fourth-order valence-electron chi connectivity index (χ4n) is 3.49. The van der Waals surface area contributed by atoms with Crippen molar-refractivity contribution >= 4 is 10.0 Å². The molecule has 116 valence electrons. The highest BCUT2D eigenvalue weighted by molar-refractivity contribution is 7.89. The Morgan fingerprint density at radius 3 is 2.71 bits per heavy atom. The third kappa shape index (κ3) is 2.87. The molecular weight excluding hydrogens is 286 g/mol. The first-order valence-electron chi connectivity index (χ1n) is 7.87. The minimum absolute atomic E-state index is 0.0931. The van der Waals surface area contributed by atoms with Gasteiger partial charge in [0, 0.05) is 12.6 Å². The minimum Gasteiger partial charge on any atom is -0.395 e. The SMILES string of the molecule is O=S(=O)(c1ccc2c(c1)CCC2)N1CCCCCC1CO. The second-order valence-corrected chi connectivity index (χ2v) is 7.98. The summed E-state index contributed by atoms with van der Waals surface area (Å²) in [6.07, 6.45) is 6.79. The number of hydrogen-bond donors (Lipinski definition) is 1. The number of aliphatic hydroxyl groups is 1. The normalized spacial score (nSPS) is 23.8. The molecule has 1 saturated heterocycles. The van der Waals surface area contributed by atoms with Crippen LogP contribution in [0.15, 0.2) is 23.1 Å². The monoisotopic (exact) mass is 309 g/mol. The van der Waals surface area contributed by atoms with Gasteiger partial charge >= 0.3 is 0 Å². The van der Waals surface area contributed by atoms with E-state index in [9.17, 15) is 13.5 Å². The van der Waals surface area contributed by atoms with Crippen LogP contribution in [-0.2, 0) is 22.9 Å². The lowest BCUT2D eigenvalue weighted by Crippen LogP contribution is -2.42. The fraction of sp³-hybridized carbons (Fsp3) is 0.625. The summed E-state index contributed by atoms with van der Waals surface area (Å²) in [5.74, 6) is 0. The van der Waals surface area contributed by atoms with Crippen LogP contribution in [0.5, 0.6) is 0 Å². The highest BCUT2D eigenvalue weighted by atomic mass is 32.2. The van der Waals surface area contributed by atoms with Crippen LogP contribution in [0, 0.1) is 0 Å². The van der Waals surface area contributed by atoms with Crippen molar-refractivity contribution in [2.45, 2.75) is 55.9 Å². The zero-order valence-corrected chi connectivity index (χ0v) is 13.1. The molecule has 0 amide bonds. The molecule has 0 saturated carbocycles. The van der Waals surface area contributed by atoms with E-state index in [1.165, 1.54) is 15.4 Å². The molecule has 1 unspecified atom stereocenters. The van der Waals surface area contributed by atoms with Crippen molar-refractivity contribution in [1.29, 1.82) is 0 Å². The predicted octanol–water partition coefficient (Wildman–Crippen LogP) is 2.10. The third-order valence-electron chi connectivity index (χ3n) is 4.71. The maximum absolute atomic E-state index is 12.9. The second-order valence-electron chi connectivity index (χ2n) is 6.09. The van der Waals surface area contributed by atoms with Crippen molar-refractivity contribution in [2.24, 2.45) is 0 Å². The van der Waals surface area contributed by atoms with Crippen LogP contribution < -0.4 is 0 Å². The van der Waals surface area contributed by atoms with Crippen molar-refractivity contribution in [3.8, 4) is 0 Å². The quantitative estimate of drug-likeness (QED) is 0.930. The Labute approximate surface area is 126 Å². The first-order valence-corrected chi connectivity index (χ1v) is 9.31. The zero-order valence-electron chi connectivity index (χ0n) is 12.3. The third-order valence-corrected chi connectivity index (χ3v) is 6.66. The van der Waals surface area contributed by atoms with E-state index in [0.29, 0.717) is 11.4 Å². The Kier molecular flexibility index (Phi) is 4.33. The molecule has 3 rings (SSSR count). The van der Waals surface area contributed by atoms with Gasteiger partial charge in [-0.15, -0.1) is 0 Å². The van der Waals surface area contributed by atoms with Gasteiger partial charge in [-0.25, -0.2) is 8.42 Å². The van der Waals surface area contributed by atoms with Crippen LogP contribution in [0.4, 0.5) is 0 Å². The van der Waals surface area contributed by atoms with E-state index in [-0.39, 0.29) is 12.6 Å². The van der Waals surface area contributed by atoms with Gasteiger partial charge in [0.15, 0.2) is 0 Å². The first-order chi connectivity index (χ1) is 10.1. The Balaban J connectivity index is 1.94. The van der Waals surface area contributed by atoms with Gasteiger partial charge in [-0.1, -0.05) is 18.9 Å². The number of rotatable bonds is 3. The Bertz CT molecular complexity index is 612. The van der Waals surface area contributed by atoms with Gasteiger partial charge in [-0.3, -0.25) is 0 Å². The first kappa shape index (κ1) is 15.0. The molecule has 0 radical (unpaired) electrons. The summed E-state index contributed by atoms with van der Waals surface area (Å²) >= 11 is 0. The van der Waals surface area contributed by atoms with Crippen LogP contribution in [0.2, 0.25) is 0 Å². The molecule has 1 aliphatic heterocycles. The largest absolute Gasteiger partial charge is 0.395 e. The summed E-state index contributed by atoms with van der Waals surface area (Å²) in [7, 11) is -3.49. The molecule has 1 N–H and O–H groups in total.